The number of hydrogen-bond acceptors (Lipinski definition) is 8. The van der Waals surface area contributed by atoms with Crippen LogP contribution >= 0.6 is 25.3 Å². The van der Waals surface area contributed by atoms with Crippen molar-refractivity contribution in [3.8, 4) is 0 Å². The van der Waals surface area contributed by atoms with Crippen molar-refractivity contribution in [2.24, 2.45) is 21.8 Å². The van der Waals surface area contributed by atoms with Crippen molar-refractivity contribution in [3.05, 3.63) is 0 Å². The van der Waals surface area contributed by atoms with E-state index in [0.29, 0.717) is 18.7 Å². The van der Waals surface area contributed by atoms with Gasteiger partial charge in [0, 0.05) is 18.7 Å². The van der Waals surface area contributed by atoms with Crippen LogP contribution in [0.25, 0.3) is 0 Å². The number of thiol groups is 2. The van der Waals surface area contributed by atoms with Crippen LogP contribution in [0.2, 0.25) is 0 Å². The third kappa shape index (κ3) is 10.4. The molecule has 7 nitrogen and oxygen atoms in total. The summed E-state index contributed by atoms with van der Waals surface area (Å²) >= 11 is 8.34. The highest BCUT2D eigenvalue weighted by atomic mass is 32.1. The minimum Gasteiger partial charge on any atom is -0.444 e. The van der Waals surface area contributed by atoms with Crippen LogP contribution in [0.3, 0.4) is 0 Å². The summed E-state index contributed by atoms with van der Waals surface area (Å²) < 4.78 is 5.32. The number of alkyl carbamates (subject to hydrolysis) is 1. The predicted molar refractivity (Wildman–Crippen MR) is 115 cm³/mol. The van der Waals surface area contributed by atoms with Gasteiger partial charge in [0.15, 0.2) is 5.72 Å². The zero-order chi connectivity index (χ0) is 20.2. The fourth-order valence-electron chi connectivity index (χ4n) is 2.25. The van der Waals surface area contributed by atoms with Gasteiger partial charge in [-0.15, -0.1) is 0 Å². The van der Waals surface area contributed by atoms with Gasteiger partial charge in [-0.3, -0.25) is 20.1 Å². The highest BCUT2D eigenvalue weighted by Crippen LogP contribution is 2.23. The van der Waals surface area contributed by atoms with Gasteiger partial charge in [-0.1, -0.05) is 6.92 Å². The van der Waals surface area contributed by atoms with Gasteiger partial charge < -0.3 is 4.74 Å². The lowest BCUT2D eigenvalue weighted by molar-refractivity contribution is -0.0868. The van der Waals surface area contributed by atoms with Crippen molar-refractivity contribution in [1.82, 2.24) is 5.32 Å². The van der Waals surface area contributed by atoms with Gasteiger partial charge in [0.1, 0.15) is 11.6 Å². The maximum atomic E-state index is 12.2. The van der Waals surface area contributed by atoms with Gasteiger partial charge >= 0.3 is 6.09 Å². The van der Waals surface area contributed by atoms with Gasteiger partial charge in [-0.05, 0) is 58.3 Å². The highest BCUT2D eigenvalue weighted by molar-refractivity contribution is 7.80. The van der Waals surface area contributed by atoms with E-state index >= 15 is 0 Å². The van der Waals surface area contributed by atoms with Crippen LogP contribution in [0.5, 0.6) is 0 Å². The highest BCUT2D eigenvalue weighted by Gasteiger charge is 2.41. The van der Waals surface area contributed by atoms with Crippen molar-refractivity contribution in [2.45, 2.75) is 64.8 Å². The number of rotatable bonds is 11. The molecule has 26 heavy (non-hydrogen) atoms. The molecule has 0 aromatic heterocycles. The fourth-order valence-corrected chi connectivity index (χ4v) is 2.48. The number of nitrogens with two attached hydrogens (primary N) is 1. The monoisotopic (exact) mass is 406 g/mol. The first kappa shape index (κ1) is 25.2. The molecule has 3 unspecified atom stereocenters. The van der Waals surface area contributed by atoms with Crippen molar-refractivity contribution in [2.75, 3.05) is 18.1 Å². The van der Waals surface area contributed by atoms with E-state index in [-0.39, 0.29) is 5.92 Å². The van der Waals surface area contributed by atoms with E-state index < -0.39 is 23.5 Å². The summed E-state index contributed by atoms with van der Waals surface area (Å²) in [6, 6.07) is -0.451. The van der Waals surface area contributed by atoms with Gasteiger partial charge in [0.05, 0.1) is 0 Å². The summed E-state index contributed by atoms with van der Waals surface area (Å²) in [5.41, 5.74) is -1.87. The van der Waals surface area contributed by atoms with Gasteiger partial charge in [-0.2, -0.15) is 25.3 Å². The molecule has 0 heterocycles. The second-order valence-electron chi connectivity index (χ2n) is 7.18. The summed E-state index contributed by atoms with van der Waals surface area (Å²) in [6.45, 7) is 9.53. The number of amides is 1. The normalized spacial score (nSPS) is 17.2. The topological polar surface area (TPSA) is 98.3 Å². The molecule has 0 bridgehead atoms. The SMILES string of the molecule is CC(C/N=C/CCS)C(/N=C/CCS)C(C)(NC(=O)OC(C)(C)C)ON. The van der Waals surface area contributed by atoms with E-state index in [1.54, 1.807) is 33.9 Å². The summed E-state index contributed by atoms with van der Waals surface area (Å²) in [7, 11) is 0. The number of nitrogens with one attached hydrogen (secondary N) is 1. The minimum absolute atomic E-state index is 0.0363. The summed E-state index contributed by atoms with van der Waals surface area (Å²) in [6.07, 6.45) is 4.47. The van der Waals surface area contributed by atoms with Crippen molar-refractivity contribution in [3.63, 3.8) is 0 Å². The third-order valence-corrected chi connectivity index (χ3v) is 3.92. The Hall–Kier alpha value is -0.770. The Balaban J connectivity index is 5.32. The van der Waals surface area contributed by atoms with Crippen molar-refractivity contribution >= 4 is 43.8 Å². The molecule has 0 spiro atoms. The lowest BCUT2D eigenvalue weighted by Gasteiger charge is -2.37. The van der Waals surface area contributed by atoms with Crippen LogP contribution in [0.4, 0.5) is 4.79 Å². The van der Waals surface area contributed by atoms with E-state index in [1.807, 2.05) is 13.1 Å². The lowest BCUT2D eigenvalue weighted by Crippen LogP contribution is -2.60. The molecular formula is C17H34N4O3S2. The first-order chi connectivity index (χ1) is 12.1. The second kappa shape index (κ2) is 12.6. The fraction of sp³-hybridized carbons (Fsp3) is 0.824. The molecule has 9 heteroatoms. The molecular weight excluding hydrogens is 372 g/mol. The summed E-state index contributed by atoms with van der Waals surface area (Å²) in [5, 5.41) is 2.70. The number of carbonyl (C=O) groups excluding carboxylic acids is 1. The molecule has 3 atom stereocenters. The van der Waals surface area contributed by atoms with Crippen LogP contribution in [0.15, 0.2) is 9.98 Å². The molecule has 152 valence electrons. The zero-order valence-electron chi connectivity index (χ0n) is 16.4. The number of aliphatic imine (C=N–C) groups is 2. The summed E-state index contributed by atoms with van der Waals surface area (Å²) in [4.78, 5) is 26.3. The third-order valence-electron chi connectivity index (χ3n) is 3.40. The van der Waals surface area contributed by atoms with Crippen molar-refractivity contribution < 1.29 is 14.4 Å². The number of ether oxygens (including phenoxy) is 1. The largest absolute Gasteiger partial charge is 0.444 e. The van der Waals surface area contributed by atoms with E-state index in [9.17, 15) is 4.79 Å². The van der Waals surface area contributed by atoms with Gasteiger partial charge in [0.25, 0.3) is 0 Å². The smallest absolute Gasteiger partial charge is 0.410 e. The van der Waals surface area contributed by atoms with Gasteiger partial charge in [-0.25, -0.2) is 10.7 Å². The first-order valence-electron chi connectivity index (χ1n) is 8.70. The predicted octanol–water partition coefficient (Wildman–Crippen LogP) is 2.90. The Morgan fingerprint density at radius 1 is 1.19 bits per heavy atom. The number of carbonyl (C=O) groups is 1. The Morgan fingerprint density at radius 2 is 1.77 bits per heavy atom. The van der Waals surface area contributed by atoms with Crippen LogP contribution in [-0.4, -0.2) is 53.9 Å². The molecule has 0 saturated heterocycles. The summed E-state index contributed by atoms with van der Waals surface area (Å²) in [5.74, 6) is 6.91. The molecule has 3 N–H and O–H groups in total. The maximum Gasteiger partial charge on any atom is 0.410 e. The molecule has 0 saturated carbocycles. The Labute approximate surface area is 168 Å². The standard InChI is InChI=1S/C17H34N4O3S2/c1-13(12-19-8-6-10-25)14(20-9-7-11-26)17(5,24-18)21-15(22)23-16(2,3)4/h8-9,13-14,25-26H,6-7,10-12,18H2,1-5H3,(H,21,22)/b19-8+,20-9+. The lowest BCUT2D eigenvalue weighted by atomic mass is 9.93. The first-order valence-corrected chi connectivity index (χ1v) is 9.96. The van der Waals surface area contributed by atoms with Crippen molar-refractivity contribution in [1.29, 1.82) is 0 Å². The van der Waals surface area contributed by atoms with Crippen LogP contribution in [0, 0.1) is 5.92 Å². The molecule has 0 rings (SSSR count). The average molecular weight is 407 g/mol. The average Bonchev–Trinajstić information content (AvgIpc) is 2.53. The molecule has 0 aliphatic rings. The molecule has 0 radical (unpaired) electrons. The molecule has 0 aromatic carbocycles. The van der Waals surface area contributed by atoms with Gasteiger partial charge in [0.2, 0.25) is 0 Å². The minimum atomic E-state index is -1.24. The van der Waals surface area contributed by atoms with Crippen LogP contribution in [-0.2, 0) is 9.57 Å². The number of hydrogen-bond donors (Lipinski definition) is 4. The Morgan fingerprint density at radius 3 is 2.27 bits per heavy atom. The maximum absolute atomic E-state index is 12.2. The van der Waals surface area contributed by atoms with Crippen LogP contribution in [0.1, 0.15) is 47.5 Å². The van der Waals surface area contributed by atoms with E-state index in [4.69, 9.17) is 15.5 Å². The Kier molecular flexibility index (Phi) is 12.2. The quantitative estimate of drug-likeness (QED) is 0.183. The zero-order valence-corrected chi connectivity index (χ0v) is 18.2. The molecule has 0 fully saturated rings. The molecule has 0 aliphatic heterocycles. The number of nitrogens with zero attached hydrogens (tertiary/aromatic N) is 2. The molecule has 0 aromatic rings. The van der Waals surface area contributed by atoms with E-state index in [1.165, 1.54) is 0 Å². The van der Waals surface area contributed by atoms with Crippen LogP contribution < -0.4 is 11.2 Å². The molecule has 0 aliphatic carbocycles. The second-order valence-corrected chi connectivity index (χ2v) is 8.07. The Bertz CT molecular complexity index is 469. The van der Waals surface area contributed by atoms with E-state index in [0.717, 1.165) is 12.2 Å². The van der Waals surface area contributed by atoms with E-state index in [2.05, 4.69) is 40.6 Å². The molecule has 1 amide bonds.